The van der Waals surface area contributed by atoms with E-state index in [-0.39, 0.29) is 24.1 Å². The molecule has 142 valence electrons. The van der Waals surface area contributed by atoms with E-state index >= 15 is 0 Å². The van der Waals surface area contributed by atoms with Crippen molar-refractivity contribution in [2.75, 3.05) is 6.54 Å². The molecule has 3 N–H and O–H groups in total. The van der Waals surface area contributed by atoms with Crippen LogP contribution in [-0.2, 0) is 22.7 Å². The van der Waals surface area contributed by atoms with Gasteiger partial charge in [-0.2, -0.15) is 0 Å². The molecule has 0 radical (unpaired) electrons. The summed E-state index contributed by atoms with van der Waals surface area (Å²) in [7, 11) is 0. The van der Waals surface area contributed by atoms with Gasteiger partial charge >= 0.3 is 0 Å². The summed E-state index contributed by atoms with van der Waals surface area (Å²) in [6, 6.07) is 6.39. The van der Waals surface area contributed by atoms with Gasteiger partial charge in [0, 0.05) is 37.2 Å². The van der Waals surface area contributed by atoms with Crippen molar-refractivity contribution >= 4 is 17.7 Å². The van der Waals surface area contributed by atoms with Gasteiger partial charge in [-0.15, -0.1) is 0 Å². The molecule has 1 saturated carbocycles. The third-order valence-corrected chi connectivity index (χ3v) is 6.52. The number of fused-ring (bicyclic) bond motifs is 3. The lowest BCUT2D eigenvalue weighted by molar-refractivity contribution is -0.136. The van der Waals surface area contributed by atoms with Crippen LogP contribution in [0, 0.1) is 5.92 Å². The molecule has 3 fully saturated rings. The first kappa shape index (κ1) is 16.9. The van der Waals surface area contributed by atoms with Crippen LogP contribution in [-0.4, -0.2) is 47.3 Å². The molecule has 0 spiro atoms. The third kappa shape index (κ3) is 2.85. The van der Waals surface area contributed by atoms with Crippen molar-refractivity contribution in [2.24, 2.45) is 5.92 Å². The Labute approximate surface area is 157 Å². The molecule has 4 aliphatic rings. The van der Waals surface area contributed by atoms with Gasteiger partial charge in [-0.05, 0) is 42.9 Å². The predicted molar refractivity (Wildman–Crippen MR) is 97.6 cm³/mol. The van der Waals surface area contributed by atoms with E-state index in [2.05, 4.69) is 16.0 Å². The molecule has 3 aliphatic heterocycles. The minimum absolute atomic E-state index is 0.0945. The second-order valence-electron chi connectivity index (χ2n) is 8.19. The number of rotatable bonds is 4. The highest BCUT2D eigenvalue weighted by atomic mass is 16.2. The number of nitrogens with one attached hydrogen (secondary N) is 3. The Hall–Kier alpha value is -2.25. The summed E-state index contributed by atoms with van der Waals surface area (Å²) in [5.74, 6) is 0.0616. The zero-order chi connectivity index (χ0) is 18.5. The van der Waals surface area contributed by atoms with Crippen molar-refractivity contribution in [3.63, 3.8) is 0 Å². The Bertz CT molecular complexity index is 823. The summed E-state index contributed by atoms with van der Waals surface area (Å²) in [4.78, 5) is 38.3. The van der Waals surface area contributed by atoms with E-state index in [0.29, 0.717) is 31.6 Å². The number of amides is 3. The topological polar surface area (TPSA) is 90.5 Å². The standard InChI is InChI=1S/C20H24N4O3/c25-17-5-4-16(19(26)23-17)24-10-13-3-1-2-12(18(13)20(24)27)9-22-15-7-11-6-14(15)21-8-11/h1-3,11,14-16,21-22H,4-10H2,(H,23,25,26). The van der Waals surface area contributed by atoms with E-state index in [1.165, 1.54) is 12.8 Å². The van der Waals surface area contributed by atoms with Crippen molar-refractivity contribution < 1.29 is 14.4 Å². The quantitative estimate of drug-likeness (QED) is 0.665. The van der Waals surface area contributed by atoms with Gasteiger partial charge in [0.15, 0.2) is 0 Å². The van der Waals surface area contributed by atoms with Gasteiger partial charge in [-0.3, -0.25) is 19.7 Å². The molecule has 4 unspecified atom stereocenters. The van der Waals surface area contributed by atoms with Crippen LogP contribution in [0.2, 0.25) is 0 Å². The molecule has 3 amide bonds. The second kappa shape index (κ2) is 6.42. The highest BCUT2D eigenvalue weighted by Gasteiger charge is 2.41. The van der Waals surface area contributed by atoms with Gasteiger partial charge in [-0.1, -0.05) is 18.2 Å². The molecule has 0 aromatic heterocycles. The van der Waals surface area contributed by atoms with Gasteiger partial charge < -0.3 is 15.5 Å². The summed E-state index contributed by atoms with van der Waals surface area (Å²) < 4.78 is 0. The highest BCUT2D eigenvalue weighted by Crippen LogP contribution is 2.33. The molecule has 2 bridgehead atoms. The third-order valence-electron chi connectivity index (χ3n) is 6.52. The molecule has 1 aliphatic carbocycles. The number of carbonyl (C=O) groups excluding carboxylic acids is 3. The molecule has 1 aromatic carbocycles. The fraction of sp³-hybridized carbons (Fsp3) is 0.550. The van der Waals surface area contributed by atoms with Crippen LogP contribution in [0.25, 0.3) is 0 Å². The van der Waals surface area contributed by atoms with E-state index in [1.807, 2.05) is 18.2 Å². The summed E-state index contributed by atoms with van der Waals surface area (Å²) in [5, 5.41) is 9.54. The van der Waals surface area contributed by atoms with Gasteiger partial charge in [0.05, 0.1) is 0 Å². The average Bonchev–Trinajstić information content (AvgIpc) is 3.35. The summed E-state index contributed by atoms with van der Waals surface area (Å²) in [6.07, 6.45) is 3.12. The van der Waals surface area contributed by atoms with Crippen LogP contribution >= 0.6 is 0 Å². The first-order valence-corrected chi connectivity index (χ1v) is 9.82. The van der Waals surface area contributed by atoms with E-state index < -0.39 is 6.04 Å². The molecular formula is C20H24N4O3. The zero-order valence-corrected chi connectivity index (χ0v) is 15.2. The molecule has 4 atom stereocenters. The number of imide groups is 1. The lowest BCUT2D eigenvalue weighted by atomic mass is 10.0. The molecule has 1 aromatic rings. The van der Waals surface area contributed by atoms with Gasteiger partial charge in [0.2, 0.25) is 11.8 Å². The maximum atomic E-state index is 13.1. The Morgan fingerprint density at radius 3 is 2.81 bits per heavy atom. The van der Waals surface area contributed by atoms with Crippen molar-refractivity contribution in [3.05, 3.63) is 34.9 Å². The number of hydrogen-bond acceptors (Lipinski definition) is 5. The first-order valence-electron chi connectivity index (χ1n) is 9.82. The lowest BCUT2D eigenvalue weighted by Gasteiger charge is -2.29. The number of piperidine rings is 2. The minimum atomic E-state index is -0.557. The van der Waals surface area contributed by atoms with Crippen LogP contribution in [0.5, 0.6) is 0 Å². The van der Waals surface area contributed by atoms with Crippen molar-refractivity contribution in [1.82, 2.24) is 20.9 Å². The fourth-order valence-corrected chi connectivity index (χ4v) is 5.16. The fourth-order valence-electron chi connectivity index (χ4n) is 5.16. The largest absolute Gasteiger partial charge is 0.322 e. The lowest BCUT2D eigenvalue weighted by Crippen LogP contribution is -2.52. The molecule has 7 nitrogen and oxygen atoms in total. The molecule has 5 rings (SSSR count). The first-order chi connectivity index (χ1) is 13.1. The number of benzene rings is 1. The summed E-state index contributed by atoms with van der Waals surface area (Å²) in [6.45, 7) is 2.22. The van der Waals surface area contributed by atoms with Gasteiger partial charge in [0.25, 0.3) is 5.91 Å². The second-order valence-corrected chi connectivity index (χ2v) is 8.19. The zero-order valence-electron chi connectivity index (χ0n) is 15.2. The van der Waals surface area contributed by atoms with Gasteiger partial charge in [0.1, 0.15) is 6.04 Å². The van der Waals surface area contributed by atoms with Crippen LogP contribution in [0.15, 0.2) is 18.2 Å². The van der Waals surface area contributed by atoms with E-state index in [9.17, 15) is 14.4 Å². The Morgan fingerprint density at radius 2 is 2.07 bits per heavy atom. The molecule has 3 heterocycles. The summed E-state index contributed by atoms with van der Waals surface area (Å²) in [5.41, 5.74) is 2.69. The normalized spacial score (nSPS) is 32.1. The minimum Gasteiger partial charge on any atom is -0.322 e. The molecule has 7 heteroatoms. The maximum absolute atomic E-state index is 13.1. The summed E-state index contributed by atoms with van der Waals surface area (Å²) >= 11 is 0. The maximum Gasteiger partial charge on any atom is 0.255 e. The molecular weight excluding hydrogens is 344 g/mol. The van der Waals surface area contributed by atoms with Crippen LogP contribution in [0.4, 0.5) is 0 Å². The highest BCUT2D eigenvalue weighted by molar-refractivity contribution is 6.05. The monoisotopic (exact) mass is 368 g/mol. The Kier molecular flexibility index (Phi) is 4.02. The van der Waals surface area contributed by atoms with E-state index in [1.54, 1.807) is 4.90 Å². The average molecular weight is 368 g/mol. The number of carbonyl (C=O) groups is 3. The molecule has 27 heavy (non-hydrogen) atoms. The number of hydrogen-bond donors (Lipinski definition) is 3. The van der Waals surface area contributed by atoms with Crippen molar-refractivity contribution in [1.29, 1.82) is 0 Å². The van der Waals surface area contributed by atoms with E-state index in [4.69, 9.17) is 0 Å². The van der Waals surface area contributed by atoms with Crippen LogP contribution in [0.1, 0.15) is 47.2 Å². The Morgan fingerprint density at radius 1 is 1.19 bits per heavy atom. The smallest absolute Gasteiger partial charge is 0.255 e. The number of nitrogens with zero attached hydrogens (tertiary/aromatic N) is 1. The van der Waals surface area contributed by atoms with Gasteiger partial charge in [-0.25, -0.2) is 0 Å². The van der Waals surface area contributed by atoms with E-state index in [0.717, 1.165) is 29.2 Å². The SMILES string of the molecule is O=C1CCC(N2Cc3cccc(CNC4CC5CNC4C5)c3C2=O)C(=O)N1. The van der Waals surface area contributed by atoms with Crippen LogP contribution in [0.3, 0.4) is 0 Å². The predicted octanol–water partition coefficient (Wildman–Crippen LogP) is 0.288. The van der Waals surface area contributed by atoms with Crippen molar-refractivity contribution in [2.45, 2.75) is 56.9 Å². The Balaban J connectivity index is 1.32. The van der Waals surface area contributed by atoms with Crippen molar-refractivity contribution in [3.8, 4) is 0 Å². The molecule has 2 saturated heterocycles. The van der Waals surface area contributed by atoms with Crippen LogP contribution < -0.4 is 16.0 Å².